The molecule has 0 saturated carbocycles. The first-order valence-corrected chi connectivity index (χ1v) is 15.8. The normalized spacial score (nSPS) is 13.4. The number of hydrogen-bond donors (Lipinski definition) is 6. The van der Waals surface area contributed by atoms with E-state index in [-0.39, 0.29) is 56.8 Å². The van der Waals surface area contributed by atoms with E-state index in [1.807, 2.05) is 6.92 Å². The van der Waals surface area contributed by atoms with E-state index in [4.69, 9.17) is 10.5 Å². The third-order valence-corrected chi connectivity index (χ3v) is 7.06. The number of imide groups is 1. The zero-order chi connectivity index (χ0) is 35.3. The summed E-state index contributed by atoms with van der Waals surface area (Å²) in [5.74, 6) is -4.05. The van der Waals surface area contributed by atoms with Gasteiger partial charge in [0.15, 0.2) is 0 Å². The molecular formula is C32H45N7O9. The van der Waals surface area contributed by atoms with Crippen molar-refractivity contribution >= 4 is 47.3 Å². The molecule has 2 atom stereocenters. The highest BCUT2D eigenvalue weighted by molar-refractivity contribution is 6.12. The number of hydrogen-bond acceptors (Lipinski definition) is 9. The van der Waals surface area contributed by atoms with Crippen LogP contribution in [-0.4, -0.2) is 97.2 Å². The molecule has 7 N–H and O–H groups in total. The van der Waals surface area contributed by atoms with Crippen molar-refractivity contribution in [2.45, 2.75) is 70.4 Å². The fourth-order valence-electron chi connectivity index (χ4n) is 4.58. The molecule has 48 heavy (non-hydrogen) atoms. The number of amides is 8. The minimum absolute atomic E-state index is 0.0189. The van der Waals surface area contributed by atoms with Crippen molar-refractivity contribution in [1.82, 2.24) is 31.5 Å². The lowest BCUT2D eigenvalue weighted by atomic mass is 10.1. The van der Waals surface area contributed by atoms with Gasteiger partial charge < -0.3 is 37.1 Å². The van der Waals surface area contributed by atoms with Gasteiger partial charge in [0.2, 0.25) is 35.4 Å². The molecular weight excluding hydrogens is 626 g/mol. The number of ether oxygens (including phenoxy) is 1. The molecule has 0 bridgehead atoms. The summed E-state index contributed by atoms with van der Waals surface area (Å²) in [5, 5.41) is 12.4. The quantitative estimate of drug-likeness (QED) is 0.0459. The van der Waals surface area contributed by atoms with E-state index in [1.54, 1.807) is 30.3 Å². The van der Waals surface area contributed by atoms with Gasteiger partial charge in [0, 0.05) is 31.5 Å². The zero-order valence-corrected chi connectivity index (χ0v) is 27.1. The van der Waals surface area contributed by atoms with E-state index >= 15 is 0 Å². The van der Waals surface area contributed by atoms with Gasteiger partial charge in [0.25, 0.3) is 11.8 Å². The summed E-state index contributed by atoms with van der Waals surface area (Å²) in [4.78, 5) is 97.5. The Hall–Kier alpha value is -5.12. The Morgan fingerprint density at radius 1 is 0.792 bits per heavy atom. The molecule has 16 heteroatoms. The fourth-order valence-corrected chi connectivity index (χ4v) is 4.58. The number of primary amides is 1. The van der Waals surface area contributed by atoms with Crippen molar-refractivity contribution in [1.29, 1.82) is 0 Å². The monoisotopic (exact) mass is 671 g/mol. The number of rotatable bonds is 23. The SMILES string of the molecule is CCCC(CC(N)=O)OCNC(=O)CNC(=O)[C@H](Cc1ccccc1)NC(=O)CNC(=O)CNC(=O)CCCCCN1C(=O)C=CC1=O. The van der Waals surface area contributed by atoms with Gasteiger partial charge in [-0.3, -0.25) is 43.3 Å². The van der Waals surface area contributed by atoms with Crippen LogP contribution >= 0.6 is 0 Å². The minimum atomic E-state index is -1.07. The lowest BCUT2D eigenvalue weighted by Crippen LogP contribution is -2.52. The van der Waals surface area contributed by atoms with Gasteiger partial charge in [0.1, 0.15) is 12.8 Å². The van der Waals surface area contributed by atoms with Crippen LogP contribution in [0.2, 0.25) is 0 Å². The number of nitrogens with one attached hydrogen (secondary N) is 5. The molecule has 8 amide bonds. The van der Waals surface area contributed by atoms with E-state index in [2.05, 4.69) is 26.6 Å². The molecule has 0 aromatic heterocycles. The van der Waals surface area contributed by atoms with Crippen LogP contribution in [0.4, 0.5) is 0 Å². The molecule has 1 aliphatic heterocycles. The van der Waals surface area contributed by atoms with Crippen molar-refractivity contribution in [3.63, 3.8) is 0 Å². The summed E-state index contributed by atoms with van der Waals surface area (Å²) in [6, 6.07) is 7.82. The van der Waals surface area contributed by atoms with Crippen LogP contribution in [0.1, 0.15) is 57.4 Å². The first-order valence-electron chi connectivity index (χ1n) is 15.8. The van der Waals surface area contributed by atoms with Crippen LogP contribution in [0.5, 0.6) is 0 Å². The predicted octanol–water partition coefficient (Wildman–Crippen LogP) is -1.32. The van der Waals surface area contributed by atoms with Crippen molar-refractivity contribution in [2.24, 2.45) is 5.73 Å². The van der Waals surface area contributed by atoms with Crippen LogP contribution in [-0.2, 0) is 49.5 Å². The second-order valence-corrected chi connectivity index (χ2v) is 11.0. The number of carbonyl (C=O) groups excluding carboxylic acids is 8. The van der Waals surface area contributed by atoms with E-state index in [0.717, 1.165) is 16.9 Å². The fraction of sp³-hybridized carbons (Fsp3) is 0.500. The molecule has 0 saturated heterocycles. The molecule has 262 valence electrons. The summed E-state index contributed by atoms with van der Waals surface area (Å²) in [6.07, 6.45) is 5.25. The summed E-state index contributed by atoms with van der Waals surface area (Å²) in [5.41, 5.74) is 5.96. The topological polar surface area (TPSA) is 235 Å². The summed E-state index contributed by atoms with van der Waals surface area (Å²) in [6.45, 7) is 0.795. The molecule has 1 unspecified atom stereocenters. The van der Waals surface area contributed by atoms with E-state index in [1.165, 1.54) is 12.2 Å². The highest BCUT2D eigenvalue weighted by atomic mass is 16.5. The summed E-state index contributed by atoms with van der Waals surface area (Å²) in [7, 11) is 0. The number of nitrogens with two attached hydrogens (primary N) is 1. The van der Waals surface area contributed by atoms with Gasteiger partial charge in [-0.25, -0.2) is 0 Å². The Morgan fingerprint density at radius 3 is 2.08 bits per heavy atom. The smallest absolute Gasteiger partial charge is 0.253 e. The first kappa shape index (κ1) is 39.1. The predicted molar refractivity (Wildman–Crippen MR) is 172 cm³/mol. The Morgan fingerprint density at radius 2 is 1.42 bits per heavy atom. The third-order valence-electron chi connectivity index (χ3n) is 7.06. The van der Waals surface area contributed by atoms with Crippen LogP contribution in [0.15, 0.2) is 42.5 Å². The summed E-state index contributed by atoms with van der Waals surface area (Å²) >= 11 is 0. The second-order valence-electron chi connectivity index (χ2n) is 11.0. The Kier molecular flexibility index (Phi) is 17.6. The number of unbranched alkanes of at least 4 members (excludes halogenated alkanes) is 2. The molecule has 1 aromatic rings. The maximum atomic E-state index is 13.0. The molecule has 1 aromatic carbocycles. The largest absolute Gasteiger partial charge is 0.370 e. The highest BCUT2D eigenvalue weighted by Crippen LogP contribution is 2.08. The van der Waals surface area contributed by atoms with E-state index in [0.29, 0.717) is 25.7 Å². The molecule has 16 nitrogen and oxygen atoms in total. The average Bonchev–Trinajstić information content (AvgIpc) is 3.37. The Bertz CT molecular complexity index is 1300. The molecule has 2 rings (SSSR count). The second kappa shape index (κ2) is 21.6. The van der Waals surface area contributed by atoms with E-state index in [9.17, 15) is 38.4 Å². The lowest BCUT2D eigenvalue weighted by molar-refractivity contribution is -0.137. The number of nitrogens with zero attached hydrogens (tertiary/aromatic N) is 1. The molecule has 0 aliphatic carbocycles. The van der Waals surface area contributed by atoms with Crippen LogP contribution in [0, 0.1) is 0 Å². The van der Waals surface area contributed by atoms with Gasteiger partial charge in [0.05, 0.1) is 32.2 Å². The lowest BCUT2D eigenvalue weighted by Gasteiger charge is -2.19. The standard InChI is InChI=1S/C32H45N7O9/c1-2-9-23(17-25(33)40)48-21-37-28(43)19-36-32(47)24(16-22-10-5-3-6-11-22)38-29(44)20-35-27(42)18-34-26(41)12-7-4-8-15-39-30(45)13-14-31(39)46/h3,5-6,10-11,13-14,23-24H,2,4,7-9,12,15-21H2,1H3,(H2,33,40)(H,34,41)(H,35,42)(H,36,47)(H,37,43)(H,38,44)/t23?,24-/m0/s1. The maximum Gasteiger partial charge on any atom is 0.253 e. The Balaban J connectivity index is 1.72. The molecule has 0 fully saturated rings. The van der Waals surface area contributed by atoms with Gasteiger partial charge in [-0.1, -0.05) is 50.1 Å². The molecule has 1 heterocycles. The van der Waals surface area contributed by atoms with Crippen LogP contribution < -0.4 is 32.3 Å². The number of benzene rings is 1. The van der Waals surface area contributed by atoms with Crippen LogP contribution in [0.3, 0.4) is 0 Å². The highest BCUT2D eigenvalue weighted by Gasteiger charge is 2.23. The van der Waals surface area contributed by atoms with Crippen LogP contribution in [0.25, 0.3) is 0 Å². The number of carbonyl (C=O) groups is 8. The first-order chi connectivity index (χ1) is 23.0. The molecule has 1 aliphatic rings. The maximum absolute atomic E-state index is 13.0. The van der Waals surface area contributed by atoms with Gasteiger partial charge in [-0.2, -0.15) is 0 Å². The van der Waals surface area contributed by atoms with Crippen molar-refractivity contribution in [3.8, 4) is 0 Å². The minimum Gasteiger partial charge on any atom is -0.370 e. The summed E-state index contributed by atoms with van der Waals surface area (Å²) < 4.78 is 5.49. The van der Waals surface area contributed by atoms with Gasteiger partial charge in [-0.15, -0.1) is 0 Å². The average molecular weight is 672 g/mol. The van der Waals surface area contributed by atoms with E-state index < -0.39 is 54.8 Å². The van der Waals surface area contributed by atoms with Gasteiger partial charge in [-0.05, 0) is 24.8 Å². The van der Waals surface area contributed by atoms with Gasteiger partial charge >= 0.3 is 0 Å². The van der Waals surface area contributed by atoms with Crippen molar-refractivity contribution in [3.05, 3.63) is 48.0 Å². The molecule has 0 spiro atoms. The van der Waals surface area contributed by atoms with Crippen molar-refractivity contribution in [2.75, 3.05) is 32.9 Å². The third kappa shape index (κ3) is 15.9. The zero-order valence-electron chi connectivity index (χ0n) is 27.1. The molecule has 0 radical (unpaired) electrons. The van der Waals surface area contributed by atoms with Crippen molar-refractivity contribution < 1.29 is 43.1 Å². The Labute approximate surface area is 278 Å².